The Labute approximate surface area is 187 Å². The first kappa shape index (κ1) is 23.0. The number of aromatic nitrogens is 5. The lowest BCUT2D eigenvalue weighted by Gasteiger charge is -2.12. The fourth-order valence-corrected chi connectivity index (χ4v) is 3.25. The Morgan fingerprint density at radius 2 is 1.85 bits per heavy atom. The Bertz CT molecular complexity index is 1360. The molecule has 1 amide bonds. The highest BCUT2D eigenvalue weighted by Crippen LogP contribution is 2.31. The van der Waals surface area contributed by atoms with Crippen molar-refractivity contribution in [1.29, 1.82) is 0 Å². The van der Waals surface area contributed by atoms with Gasteiger partial charge in [-0.3, -0.25) is 9.48 Å². The first-order valence-corrected chi connectivity index (χ1v) is 9.56. The van der Waals surface area contributed by atoms with Gasteiger partial charge in [0.15, 0.2) is 17.3 Å². The van der Waals surface area contributed by atoms with Crippen molar-refractivity contribution >= 4 is 11.6 Å². The van der Waals surface area contributed by atoms with Gasteiger partial charge < -0.3 is 5.32 Å². The van der Waals surface area contributed by atoms with E-state index in [1.54, 1.807) is 12.1 Å². The minimum Gasteiger partial charge on any atom is -0.321 e. The Hall–Kier alpha value is -4.16. The third-order valence-electron chi connectivity index (χ3n) is 4.84. The van der Waals surface area contributed by atoms with Crippen LogP contribution in [0.5, 0.6) is 0 Å². The van der Waals surface area contributed by atoms with E-state index in [0.717, 1.165) is 23.1 Å². The molecule has 3 aromatic heterocycles. The van der Waals surface area contributed by atoms with E-state index >= 15 is 0 Å². The van der Waals surface area contributed by atoms with Gasteiger partial charge in [0.05, 0.1) is 11.8 Å². The highest BCUT2D eigenvalue weighted by molar-refractivity contribution is 6.06. The van der Waals surface area contributed by atoms with E-state index in [9.17, 15) is 31.1 Å². The van der Waals surface area contributed by atoms with Crippen LogP contribution in [-0.2, 0) is 13.2 Å². The maximum atomic E-state index is 14.7. The second kappa shape index (κ2) is 8.65. The second-order valence-corrected chi connectivity index (χ2v) is 7.04. The van der Waals surface area contributed by atoms with Gasteiger partial charge in [-0.1, -0.05) is 18.2 Å². The number of hydrogen-bond donors (Lipinski definition) is 1. The molecule has 34 heavy (non-hydrogen) atoms. The first-order valence-electron chi connectivity index (χ1n) is 9.56. The van der Waals surface area contributed by atoms with Gasteiger partial charge in [0.25, 0.3) is 12.3 Å². The second-order valence-electron chi connectivity index (χ2n) is 7.04. The molecule has 0 spiro atoms. The van der Waals surface area contributed by atoms with E-state index in [1.165, 1.54) is 25.4 Å². The largest absolute Gasteiger partial charge is 0.435 e. The lowest BCUT2D eigenvalue weighted by Crippen LogP contribution is -2.15. The molecule has 7 nitrogen and oxygen atoms in total. The molecule has 0 saturated heterocycles. The Kier molecular flexibility index (Phi) is 5.85. The smallest absolute Gasteiger partial charge is 0.321 e. The summed E-state index contributed by atoms with van der Waals surface area (Å²) in [4.78, 5) is 16.5. The van der Waals surface area contributed by atoms with Crippen LogP contribution in [0, 0.1) is 5.82 Å². The van der Waals surface area contributed by atoms with Crippen LogP contribution in [0.4, 0.5) is 32.0 Å². The van der Waals surface area contributed by atoms with Crippen molar-refractivity contribution < 1.29 is 31.1 Å². The molecule has 0 aliphatic carbocycles. The lowest BCUT2D eigenvalue weighted by atomic mass is 10.0. The molecule has 4 aromatic rings. The fraction of sp³-hybridized carbons (Fsp3) is 0.143. The molecule has 0 bridgehead atoms. The van der Waals surface area contributed by atoms with Crippen LogP contribution in [0.3, 0.4) is 0 Å². The highest BCUT2D eigenvalue weighted by Gasteiger charge is 2.34. The van der Waals surface area contributed by atoms with Gasteiger partial charge >= 0.3 is 6.18 Å². The molecule has 0 aliphatic rings. The van der Waals surface area contributed by atoms with Gasteiger partial charge in [0.1, 0.15) is 5.69 Å². The van der Waals surface area contributed by atoms with E-state index in [-0.39, 0.29) is 16.8 Å². The molecule has 0 saturated carbocycles. The van der Waals surface area contributed by atoms with Crippen molar-refractivity contribution in [3.05, 3.63) is 77.8 Å². The van der Waals surface area contributed by atoms with Gasteiger partial charge in [0.2, 0.25) is 0 Å². The van der Waals surface area contributed by atoms with Crippen LogP contribution < -0.4 is 5.32 Å². The maximum Gasteiger partial charge on any atom is 0.435 e. The maximum absolute atomic E-state index is 14.7. The first-order chi connectivity index (χ1) is 16.1. The third-order valence-corrected chi connectivity index (χ3v) is 4.84. The number of pyridine rings is 1. The molecule has 1 aromatic carbocycles. The van der Waals surface area contributed by atoms with Crippen LogP contribution in [-0.4, -0.2) is 30.5 Å². The lowest BCUT2D eigenvalue weighted by molar-refractivity contribution is -0.141. The van der Waals surface area contributed by atoms with Gasteiger partial charge in [-0.05, 0) is 18.2 Å². The van der Waals surface area contributed by atoms with Gasteiger partial charge in [0, 0.05) is 36.3 Å². The summed E-state index contributed by atoms with van der Waals surface area (Å²) in [5.74, 6) is -2.28. The molecule has 4 rings (SSSR count). The van der Waals surface area contributed by atoms with Crippen LogP contribution in [0.15, 0.2) is 55.0 Å². The van der Waals surface area contributed by atoms with Crippen molar-refractivity contribution in [3.63, 3.8) is 0 Å². The summed E-state index contributed by atoms with van der Waals surface area (Å²) >= 11 is 0. The van der Waals surface area contributed by atoms with Crippen LogP contribution in [0.25, 0.3) is 16.9 Å². The number of hydrogen-bond acceptors (Lipinski definition) is 4. The van der Waals surface area contributed by atoms with E-state index < -0.39 is 41.5 Å². The minimum atomic E-state index is -4.70. The summed E-state index contributed by atoms with van der Waals surface area (Å²) in [5, 5.41) is 9.48. The van der Waals surface area contributed by atoms with Crippen molar-refractivity contribution in [3.8, 4) is 16.9 Å². The summed E-state index contributed by atoms with van der Waals surface area (Å²) in [6.07, 6.45) is -4.51. The predicted molar refractivity (Wildman–Crippen MR) is 108 cm³/mol. The van der Waals surface area contributed by atoms with Gasteiger partial charge in [-0.2, -0.15) is 23.4 Å². The summed E-state index contributed by atoms with van der Waals surface area (Å²) in [6.45, 7) is 0. The number of rotatable bonds is 5. The van der Waals surface area contributed by atoms with Crippen molar-refractivity contribution in [2.45, 2.75) is 12.6 Å². The molecule has 1 N–H and O–H groups in total. The summed E-state index contributed by atoms with van der Waals surface area (Å²) in [5.41, 5.74) is -1.45. The number of alkyl halides is 5. The zero-order chi connectivity index (χ0) is 24.6. The zero-order valence-electron chi connectivity index (χ0n) is 17.2. The fourth-order valence-electron chi connectivity index (χ4n) is 3.25. The molecular formula is C21H14F6N6O. The molecule has 0 unspecified atom stereocenters. The van der Waals surface area contributed by atoms with Crippen molar-refractivity contribution in [1.82, 2.24) is 24.5 Å². The average Bonchev–Trinajstić information content (AvgIpc) is 3.41. The Morgan fingerprint density at radius 3 is 2.50 bits per heavy atom. The Morgan fingerprint density at radius 1 is 1.12 bits per heavy atom. The normalized spacial score (nSPS) is 11.8. The monoisotopic (exact) mass is 480 g/mol. The molecule has 176 valence electrons. The molecule has 0 radical (unpaired) electrons. The number of benzene rings is 1. The molecular weight excluding hydrogens is 466 g/mol. The standard InChI is InChI=1S/C21H14F6N6O/c1-32-17(18(23)24)13(10-29-32)20(34)30-15-5-3-2-4-12(15)11-8-14(22)19(28-9-11)33-7-6-16(31-33)21(25,26)27/h2-10,18H,1H3,(H,30,34). The summed E-state index contributed by atoms with van der Waals surface area (Å²) < 4.78 is 81.2. The van der Waals surface area contributed by atoms with Crippen LogP contribution in [0.2, 0.25) is 0 Å². The van der Waals surface area contributed by atoms with E-state index in [2.05, 4.69) is 20.5 Å². The van der Waals surface area contributed by atoms with E-state index in [1.807, 2.05) is 0 Å². The number of halogens is 6. The van der Waals surface area contributed by atoms with Crippen LogP contribution >= 0.6 is 0 Å². The number of carbonyl (C=O) groups is 1. The number of amides is 1. The zero-order valence-corrected chi connectivity index (χ0v) is 17.2. The molecule has 13 heteroatoms. The number of para-hydroxylation sites is 1. The van der Waals surface area contributed by atoms with Crippen molar-refractivity contribution in [2.75, 3.05) is 5.32 Å². The van der Waals surface area contributed by atoms with E-state index in [0.29, 0.717) is 16.3 Å². The number of nitrogens with one attached hydrogen (secondary N) is 1. The molecule has 3 heterocycles. The third kappa shape index (κ3) is 4.36. The molecule has 0 fully saturated rings. The molecule has 0 atom stereocenters. The molecule has 0 aliphatic heterocycles. The highest BCUT2D eigenvalue weighted by atomic mass is 19.4. The van der Waals surface area contributed by atoms with Crippen LogP contribution in [0.1, 0.15) is 28.2 Å². The summed E-state index contributed by atoms with van der Waals surface area (Å²) in [6, 6.07) is 7.85. The van der Waals surface area contributed by atoms with Gasteiger partial charge in [-0.15, -0.1) is 0 Å². The number of carbonyl (C=O) groups excluding carboxylic acids is 1. The topological polar surface area (TPSA) is 77.6 Å². The van der Waals surface area contributed by atoms with Gasteiger partial charge in [-0.25, -0.2) is 22.8 Å². The predicted octanol–water partition coefficient (Wildman–Crippen LogP) is 5.02. The Balaban J connectivity index is 1.65. The number of anilines is 1. The average molecular weight is 480 g/mol. The quantitative estimate of drug-likeness (QED) is 0.407. The number of aryl methyl sites for hydroxylation is 1. The minimum absolute atomic E-state index is 0.170. The summed E-state index contributed by atoms with van der Waals surface area (Å²) in [7, 11) is 1.28. The number of nitrogens with zero attached hydrogens (tertiary/aromatic N) is 5. The van der Waals surface area contributed by atoms with Crippen molar-refractivity contribution in [2.24, 2.45) is 7.05 Å². The SMILES string of the molecule is Cn1ncc(C(=O)Nc2ccccc2-c2cnc(-n3ccc(C(F)(F)F)n3)c(F)c2)c1C(F)F. The van der Waals surface area contributed by atoms with E-state index in [4.69, 9.17) is 0 Å².